The van der Waals surface area contributed by atoms with Crippen molar-refractivity contribution in [2.75, 3.05) is 10.7 Å². The molecule has 1 N–H and O–H groups in total. The summed E-state index contributed by atoms with van der Waals surface area (Å²) < 4.78 is 0. The minimum Gasteiger partial charge on any atom is -0.349 e. The Hall–Kier alpha value is -1.07. The lowest BCUT2D eigenvalue weighted by Gasteiger charge is -2.14. The van der Waals surface area contributed by atoms with Crippen LogP contribution in [0.4, 0.5) is 5.69 Å². The number of benzene rings is 1. The summed E-state index contributed by atoms with van der Waals surface area (Å²) in [5, 5.41) is 3.38. The molecule has 1 amide bonds. The summed E-state index contributed by atoms with van der Waals surface area (Å²) in [6.07, 6.45) is 0. The summed E-state index contributed by atoms with van der Waals surface area (Å²) in [5.74, 6) is 0.406. The van der Waals surface area contributed by atoms with E-state index in [1.807, 2.05) is 30.3 Å². The Bertz CT molecular complexity index is 394. The van der Waals surface area contributed by atoms with Crippen LogP contribution < -0.4 is 10.2 Å². The van der Waals surface area contributed by atoms with Crippen molar-refractivity contribution < 1.29 is 4.79 Å². The number of para-hydroxylation sites is 1. The van der Waals surface area contributed by atoms with E-state index in [4.69, 9.17) is 12.2 Å². The maximum absolute atomic E-state index is 11.9. The van der Waals surface area contributed by atoms with Crippen LogP contribution in [-0.4, -0.2) is 22.8 Å². The van der Waals surface area contributed by atoms with E-state index in [-0.39, 0.29) is 11.9 Å². The topological polar surface area (TPSA) is 32.3 Å². The lowest BCUT2D eigenvalue weighted by molar-refractivity contribution is -0.117. The number of rotatable bonds is 2. The van der Waals surface area contributed by atoms with Crippen molar-refractivity contribution in [3.63, 3.8) is 0 Å². The number of nitrogens with zero attached hydrogens (tertiary/aromatic N) is 1. The molecule has 78 valence electrons. The zero-order valence-corrected chi connectivity index (χ0v) is 9.59. The third-order valence-corrected chi connectivity index (χ3v) is 2.88. The van der Waals surface area contributed by atoms with Crippen LogP contribution in [0.25, 0.3) is 0 Å². The van der Waals surface area contributed by atoms with Crippen LogP contribution in [0.3, 0.4) is 0 Å². The van der Waals surface area contributed by atoms with Gasteiger partial charge in [0.1, 0.15) is 6.04 Å². The predicted octanol–water partition coefficient (Wildman–Crippen LogP) is 1.21. The molecule has 1 aliphatic heterocycles. The van der Waals surface area contributed by atoms with Gasteiger partial charge in [-0.2, -0.15) is 12.6 Å². The fourth-order valence-electron chi connectivity index (χ4n) is 1.48. The first kappa shape index (κ1) is 10.4. The molecule has 15 heavy (non-hydrogen) atoms. The third-order valence-electron chi connectivity index (χ3n) is 2.22. The molecule has 0 saturated carbocycles. The molecular formula is C10H10N2OS2. The SMILES string of the molecule is O=C1C(CS)NC(=S)N1c1ccccc1. The number of thiol groups is 1. The molecule has 1 aliphatic rings. The first-order chi connectivity index (χ1) is 7.24. The predicted molar refractivity (Wildman–Crippen MR) is 67.3 cm³/mol. The minimum absolute atomic E-state index is 0.0406. The second-order valence-electron chi connectivity index (χ2n) is 3.19. The van der Waals surface area contributed by atoms with Gasteiger partial charge in [-0.3, -0.25) is 9.69 Å². The normalized spacial score (nSPS) is 20.6. The Labute approximate surface area is 98.9 Å². The Morgan fingerprint density at radius 1 is 1.40 bits per heavy atom. The summed E-state index contributed by atoms with van der Waals surface area (Å²) in [6.45, 7) is 0. The van der Waals surface area contributed by atoms with Crippen molar-refractivity contribution >= 4 is 41.6 Å². The second kappa shape index (κ2) is 4.20. The average Bonchev–Trinajstić information content (AvgIpc) is 2.55. The fraction of sp³-hybridized carbons (Fsp3) is 0.200. The molecule has 1 saturated heterocycles. The van der Waals surface area contributed by atoms with E-state index in [1.54, 1.807) is 0 Å². The van der Waals surface area contributed by atoms with Crippen molar-refractivity contribution in [1.82, 2.24) is 5.32 Å². The molecule has 5 heteroatoms. The van der Waals surface area contributed by atoms with Gasteiger partial charge in [-0.25, -0.2) is 0 Å². The Balaban J connectivity index is 2.31. The van der Waals surface area contributed by atoms with Crippen LogP contribution >= 0.6 is 24.8 Å². The van der Waals surface area contributed by atoms with Crippen LogP contribution in [0, 0.1) is 0 Å². The van der Waals surface area contributed by atoms with Gasteiger partial charge in [0.2, 0.25) is 0 Å². The Kier molecular flexibility index (Phi) is 2.93. The van der Waals surface area contributed by atoms with E-state index in [1.165, 1.54) is 4.90 Å². The number of anilines is 1. The summed E-state index contributed by atoms with van der Waals surface area (Å²) in [7, 11) is 0. The molecule has 0 bridgehead atoms. The second-order valence-corrected chi connectivity index (χ2v) is 3.95. The van der Waals surface area contributed by atoms with E-state index < -0.39 is 0 Å². The van der Waals surface area contributed by atoms with Gasteiger partial charge in [0.15, 0.2) is 5.11 Å². The molecule has 3 nitrogen and oxygen atoms in total. The smallest absolute Gasteiger partial charge is 0.256 e. The first-order valence-corrected chi connectivity index (χ1v) is 5.58. The average molecular weight is 238 g/mol. The number of amides is 1. The monoisotopic (exact) mass is 238 g/mol. The molecule has 0 spiro atoms. The highest BCUT2D eigenvalue weighted by atomic mass is 32.1. The first-order valence-electron chi connectivity index (χ1n) is 4.54. The molecule has 1 fully saturated rings. The van der Waals surface area contributed by atoms with E-state index >= 15 is 0 Å². The highest BCUT2D eigenvalue weighted by Crippen LogP contribution is 2.19. The van der Waals surface area contributed by atoms with E-state index in [2.05, 4.69) is 17.9 Å². The van der Waals surface area contributed by atoms with Gasteiger partial charge in [-0.05, 0) is 24.4 Å². The fourth-order valence-corrected chi connectivity index (χ4v) is 2.06. The quantitative estimate of drug-likeness (QED) is 0.600. The molecule has 1 aromatic carbocycles. The third kappa shape index (κ3) is 1.85. The van der Waals surface area contributed by atoms with Crippen LogP contribution in [0.1, 0.15) is 0 Å². The zero-order chi connectivity index (χ0) is 10.8. The number of carbonyl (C=O) groups is 1. The molecule has 1 unspecified atom stereocenters. The standard InChI is InChI=1S/C10H10N2OS2/c13-9-8(6-14)11-10(15)12(9)7-4-2-1-3-5-7/h1-5,8,14H,6H2,(H,11,15). The van der Waals surface area contributed by atoms with Crippen LogP contribution in [0.15, 0.2) is 30.3 Å². The van der Waals surface area contributed by atoms with E-state index in [0.717, 1.165) is 5.69 Å². The molecule has 1 atom stereocenters. The number of nitrogens with one attached hydrogen (secondary N) is 1. The van der Waals surface area contributed by atoms with Crippen molar-refractivity contribution in [1.29, 1.82) is 0 Å². The zero-order valence-electron chi connectivity index (χ0n) is 7.88. The molecule has 0 aliphatic carbocycles. The Morgan fingerprint density at radius 3 is 2.60 bits per heavy atom. The summed E-state index contributed by atoms with van der Waals surface area (Å²) in [4.78, 5) is 13.4. The van der Waals surface area contributed by atoms with Crippen LogP contribution in [0.5, 0.6) is 0 Å². The van der Waals surface area contributed by atoms with Gasteiger partial charge in [0, 0.05) is 5.75 Å². The van der Waals surface area contributed by atoms with Gasteiger partial charge in [0.25, 0.3) is 5.91 Å². The number of hydrogen-bond acceptors (Lipinski definition) is 3. The largest absolute Gasteiger partial charge is 0.349 e. The highest BCUT2D eigenvalue weighted by Gasteiger charge is 2.35. The maximum Gasteiger partial charge on any atom is 0.256 e. The highest BCUT2D eigenvalue weighted by molar-refractivity contribution is 7.81. The van der Waals surface area contributed by atoms with Gasteiger partial charge < -0.3 is 5.32 Å². The lowest BCUT2D eigenvalue weighted by atomic mass is 10.3. The molecule has 0 aromatic heterocycles. The molecule has 2 rings (SSSR count). The lowest BCUT2D eigenvalue weighted by Crippen LogP contribution is -2.31. The molecule has 0 radical (unpaired) electrons. The maximum atomic E-state index is 11.9. The van der Waals surface area contributed by atoms with Crippen LogP contribution in [0.2, 0.25) is 0 Å². The van der Waals surface area contributed by atoms with Gasteiger partial charge >= 0.3 is 0 Å². The van der Waals surface area contributed by atoms with Crippen molar-refractivity contribution in [2.45, 2.75) is 6.04 Å². The summed E-state index contributed by atoms with van der Waals surface area (Å²) in [6, 6.07) is 9.05. The van der Waals surface area contributed by atoms with Gasteiger partial charge in [0.05, 0.1) is 5.69 Å². The number of thiocarbonyl (C=S) groups is 1. The van der Waals surface area contributed by atoms with Crippen LogP contribution in [-0.2, 0) is 4.79 Å². The van der Waals surface area contributed by atoms with Gasteiger partial charge in [-0.1, -0.05) is 18.2 Å². The van der Waals surface area contributed by atoms with E-state index in [0.29, 0.717) is 10.9 Å². The minimum atomic E-state index is -0.305. The van der Waals surface area contributed by atoms with Gasteiger partial charge in [-0.15, -0.1) is 0 Å². The van der Waals surface area contributed by atoms with Crippen molar-refractivity contribution in [2.24, 2.45) is 0 Å². The molecule has 1 aromatic rings. The summed E-state index contributed by atoms with van der Waals surface area (Å²) >= 11 is 9.20. The number of carbonyl (C=O) groups excluding carboxylic acids is 1. The molecule has 1 heterocycles. The molecular weight excluding hydrogens is 228 g/mol. The van der Waals surface area contributed by atoms with E-state index in [9.17, 15) is 4.79 Å². The van der Waals surface area contributed by atoms with Crippen molar-refractivity contribution in [3.8, 4) is 0 Å². The van der Waals surface area contributed by atoms with Crippen molar-refractivity contribution in [3.05, 3.63) is 30.3 Å². The summed E-state index contributed by atoms with van der Waals surface area (Å²) in [5.41, 5.74) is 0.796. The number of hydrogen-bond donors (Lipinski definition) is 2. The Morgan fingerprint density at radius 2 is 2.07 bits per heavy atom.